The fraction of sp³-hybridized carbons (Fsp3) is 0.500. The number of benzene rings is 1. The van der Waals surface area contributed by atoms with Crippen molar-refractivity contribution in [3.05, 3.63) is 51.3 Å². The molecule has 3 aromatic rings. The smallest absolute Gasteiger partial charge is 0.412 e. The molecule has 1 aromatic carbocycles. The summed E-state index contributed by atoms with van der Waals surface area (Å²) in [5.74, 6) is -0.794. The Morgan fingerprint density at radius 1 is 1.11 bits per heavy atom. The number of nitrogens with one attached hydrogen (secondary N) is 2. The minimum Gasteiger partial charge on any atom is -0.458 e. The second-order valence-corrected chi connectivity index (χ2v) is 19.2. The summed E-state index contributed by atoms with van der Waals surface area (Å²) in [5.41, 5.74) is 2.78. The van der Waals surface area contributed by atoms with Gasteiger partial charge in [-0.05, 0) is 59.3 Å². The van der Waals surface area contributed by atoms with Crippen molar-refractivity contribution in [3.63, 3.8) is 0 Å². The van der Waals surface area contributed by atoms with E-state index < -0.39 is 31.6 Å². The average Bonchev–Trinajstić information content (AvgIpc) is 3.38. The van der Waals surface area contributed by atoms with E-state index in [1.165, 1.54) is 0 Å². The molecule has 12 nitrogen and oxygen atoms in total. The number of cyclic esters (lactones) is 1. The summed E-state index contributed by atoms with van der Waals surface area (Å²) in [4.78, 5) is 55.3. The third kappa shape index (κ3) is 6.19. The van der Waals surface area contributed by atoms with E-state index in [2.05, 4.69) is 39.2 Å². The zero-order valence-corrected chi connectivity index (χ0v) is 28.9. The van der Waals surface area contributed by atoms with Crippen molar-refractivity contribution in [1.82, 2.24) is 20.3 Å². The number of carbonyl (C=O) groups is 3. The highest BCUT2D eigenvalue weighted by molar-refractivity contribution is 6.94. The van der Waals surface area contributed by atoms with Gasteiger partial charge < -0.3 is 24.5 Å². The summed E-state index contributed by atoms with van der Waals surface area (Å²) in [6.07, 6.45) is 2.74. The highest BCUT2D eigenvalue weighted by Gasteiger charge is 2.47. The molecule has 0 spiro atoms. The first kappa shape index (κ1) is 34.3. The maximum Gasteiger partial charge on any atom is 0.412 e. The van der Waals surface area contributed by atoms with Crippen LogP contribution in [0.15, 0.2) is 29.1 Å². The van der Waals surface area contributed by atoms with E-state index in [9.17, 15) is 24.3 Å². The molecule has 2 aliphatic rings. The van der Waals surface area contributed by atoms with Crippen LogP contribution < -0.4 is 26.3 Å². The maximum atomic E-state index is 13.9. The van der Waals surface area contributed by atoms with Crippen LogP contribution >= 0.6 is 0 Å². The first-order chi connectivity index (χ1) is 22.1. The number of fused-ring (bicyclic) bond motifs is 5. The number of aliphatic hydroxyl groups is 1. The van der Waals surface area contributed by atoms with Gasteiger partial charge in [-0.25, -0.2) is 20.1 Å². The Kier molecular flexibility index (Phi) is 9.37. The van der Waals surface area contributed by atoms with Crippen LogP contribution in [0.5, 0.6) is 5.75 Å². The third-order valence-corrected chi connectivity index (χ3v) is 15.7. The number of esters is 1. The normalized spacial score (nSPS) is 17.1. The van der Waals surface area contributed by atoms with Gasteiger partial charge in [-0.15, -0.1) is 0 Å². The Morgan fingerprint density at radius 3 is 2.51 bits per heavy atom. The van der Waals surface area contributed by atoms with Gasteiger partial charge in [0.05, 0.1) is 37.1 Å². The molecule has 0 aliphatic carbocycles. The Hall–Kier alpha value is -4.07. The molecule has 252 valence electrons. The number of unbranched alkanes of at least 4 members (excludes halogenated alkanes) is 3. The largest absolute Gasteiger partial charge is 0.458 e. The van der Waals surface area contributed by atoms with Crippen LogP contribution in [-0.2, 0) is 33.1 Å². The van der Waals surface area contributed by atoms with Gasteiger partial charge in [0.15, 0.2) is 5.60 Å². The maximum absolute atomic E-state index is 13.9. The lowest BCUT2D eigenvalue weighted by atomic mass is 9.86. The molecule has 4 N–H and O–H groups in total. The summed E-state index contributed by atoms with van der Waals surface area (Å²) < 4.78 is 12.6. The minimum absolute atomic E-state index is 0.0663. The van der Waals surface area contributed by atoms with Crippen LogP contribution in [-0.4, -0.2) is 52.5 Å². The van der Waals surface area contributed by atoms with Crippen molar-refractivity contribution < 1.29 is 34.2 Å². The van der Waals surface area contributed by atoms with Gasteiger partial charge in [0.25, 0.3) is 5.56 Å². The number of pyridine rings is 2. The number of nitrogens with zero attached hydrogens (tertiary/aromatic N) is 2. The van der Waals surface area contributed by atoms with Crippen LogP contribution in [0.1, 0.15) is 82.9 Å². The van der Waals surface area contributed by atoms with Crippen molar-refractivity contribution in [2.24, 2.45) is 0 Å². The lowest BCUT2D eigenvalue weighted by Crippen LogP contribution is -2.51. The molecule has 0 saturated heterocycles. The molecular weight excluding hydrogens is 620 g/mol. The predicted octanol–water partition coefficient (Wildman–Crippen LogP) is 4.34. The quantitative estimate of drug-likeness (QED) is 0.0634. The highest BCUT2D eigenvalue weighted by Crippen LogP contribution is 2.43. The Bertz CT molecular complexity index is 1810. The van der Waals surface area contributed by atoms with E-state index >= 15 is 0 Å². The monoisotopic (exact) mass is 664 g/mol. The number of hydroxylamine groups is 1. The molecule has 2 aromatic heterocycles. The van der Waals surface area contributed by atoms with Crippen molar-refractivity contribution >= 4 is 42.1 Å². The molecule has 0 radical (unpaired) electrons. The molecule has 2 amide bonds. The standard InChI is InChI=1S/C34H44N4O8Si/c1-7-34(43)24-17-26-28-22(18-38(26)30(40)23(24)19-45-31(34)41)29(47(5,6)33(2,3)4)21-16-20(13-14-25(21)36-28)46-32(42)35-15-11-9-8-10-12-27(39)37-44/h13-14,16-17,43-44H,7-12,15,18-19H2,1-6H3,(H,35,42)(H,37,39)/t34-/m0/s1. The molecule has 2 aliphatic heterocycles. The molecule has 1 atom stereocenters. The van der Waals surface area contributed by atoms with Crippen LogP contribution in [0.2, 0.25) is 18.1 Å². The second-order valence-electron chi connectivity index (χ2n) is 14.0. The van der Waals surface area contributed by atoms with Crippen molar-refractivity contribution in [1.29, 1.82) is 0 Å². The zero-order valence-electron chi connectivity index (χ0n) is 27.9. The highest BCUT2D eigenvalue weighted by atomic mass is 28.3. The number of hydrogen-bond acceptors (Lipinski definition) is 9. The molecule has 0 bridgehead atoms. The molecule has 13 heteroatoms. The number of aromatic nitrogens is 2. The van der Waals surface area contributed by atoms with E-state index in [-0.39, 0.29) is 47.7 Å². The number of rotatable bonds is 10. The zero-order chi connectivity index (χ0) is 34.3. The van der Waals surface area contributed by atoms with Gasteiger partial charge in [-0.2, -0.15) is 0 Å². The predicted molar refractivity (Wildman–Crippen MR) is 178 cm³/mol. The van der Waals surface area contributed by atoms with Gasteiger partial charge >= 0.3 is 12.1 Å². The second kappa shape index (κ2) is 12.9. The molecule has 0 fully saturated rings. The van der Waals surface area contributed by atoms with Crippen LogP contribution in [0.3, 0.4) is 0 Å². The average molecular weight is 665 g/mol. The van der Waals surface area contributed by atoms with Crippen LogP contribution in [0.25, 0.3) is 22.3 Å². The van der Waals surface area contributed by atoms with E-state index in [1.807, 2.05) is 12.1 Å². The Balaban J connectivity index is 1.48. The van der Waals surface area contributed by atoms with Crippen LogP contribution in [0.4, 0.5) is 4.79 Å². The fourth-order valence-electron chi connectivity index (χ4n) is 6.36. The van der Waals surface area contributed by atoms with Gasteiger partial charge in [0, 0.05) is 23.9 Å². The molecule has 0 saturated carbocycles. The molecule has 0 unspecified atom stereocenters. The third-order valence-electron chi connectivity index (χ3n) is 10.1. The van der Waals surface area contributed by atoms with Gasteiger partial charge in [-0.1, -0.05) is 53.6 Å². The van der Waals surface area contributed by atoms with E-state index in [4.69, 9.17) is 19.7 Å². The minimum atomic E-state index is -2.32. The van der Waals surface area contributed by atoms with E-state index in [1.54, 1.807) is 29.1 Å². The molecule has 5 rings (SSSR count). The number of hydrogen-bond donors (Lipinski definition) is 4. The molecule has 47 heavy (non-hydrogen) atoms. The lowest BCUT2D eigenvalue weighted by Gasteiger charge is -2.39. The van der Waals surface area contributed by atoms with Gasteiger partial charge in [0.2, 0.25) is 5.91 Å². The summed E-state index contributed by atoms with van der Waals surface area (Å²) in [5, 5.41) is 24.5. The van der Waals surface area contributed by atoms with Gasteiger partial charge in [-0.3, -0.25) is 14.8 Å². The van der Waals surface area contributed by atoms with E-state index in [0.29, 0.717) is 35.6 Å². The first-order valence-electron chi connectivity index (χ1n) is 16.2. The number of carbonyl (C=O) groups excluding carboxylic acids is 3. The first-order valence-corrected chi connectivity index (χ1v) is 19.2. The number of amides is 2. The summed E-state index contributed by atoms with van der Waals surface area (Å²) >= 11 is 0. The topological polar surface area (TPSA) is 169 Å². The summed E-state index contributed by atoms with van der Waals surface area (Å²) in [7, 11) is -2.32. The Morgan fingerprint density at radius 2 is 1.83 bits per heavy atom. The Labute approximate surface area is 274 Å². The van der Waals surface area contributed by atoms with E-state index in [0.717, 1.165) is 35.4 Å². The van der Waals surface area contributed by atoms with Crippen LogP contribution in [0, 0.1) is 0 Å². The fourth-order valence-corrected chi connectivity index (χ4v) is 8.94. The van der Waals surface area contributed by atoms with Crippen molar-refractivity contribution in [3.8, 4) is 17.1 Å². The SMILES string of the molecule is CC[C@@]1(O)C(=O)OCc2c1cc1n(c2=O)Cc2c-1nc1ccc(OC(=O)NCCCCCCC(=O)NO)cc1c2[Si](C)(C)C(C)(C)C. The summed E-state index contributed by atoms with van der Waals surface area (Å²) in [6, 6.07) is 7.09. The van der Waals surface area contributed by atoms with Gasteiger partial charge in [0.1, 0.15) is 12.4 Å². The summed E-state index contributed by atoms with van der Waals surface area (Å²) in [6.45, 7) is 13.4. The molecule has 4 heterocycles. The van der Waals surface area contributed by atoms with Crippen molar-refractivity contribution in [2.75, 3.05) is 6.54 Å². The number of ether oxygens (including phenoxy) is 2. The molecular formula is C34H44N4O8Si. The lowest BCUT2D eigenvalue weighted by molar-refractivity contribution is -0.172. The van der Waals surface area contributed by atoms with Crippen molar-refractivity contribution in [2.45, 2.75) is 103 Å².